The van der Waals surface area contributed by atoms with E-state index in [2.05, 4.69) is 10.2 Å². The molecule has 0 aliphatic heterocycles. The second kappa shape index (κ2) is 10.4. The lowest BCUT2D eigenvalue weighted by Crippen LogP contribution is -2.23. The number of thioether (sulfide) groups is 1. The van der Waals surface area contributed by atoms with Crippen LogP contribution in [0.3, 0.4) is 0 Å². The number of rotatable bonds is 10. The van der Waals surface area contributed by atoms with Crippen molar-refractivity contribution < 1.29 is 33.3 Å². The van der Waals surface area contributed by atoms with E-state index < -0.39 is 11.9 Å². The van der Waals surface area contributed by atoms with Crippen molar-refractivity contribution in [3.8, 4) is 11.5 Å². The van der Waals surface area contributed by atoms with E-state index in [1.807, 2.05) is 0 Å². The van der Waals surface area contributed by atoms with Crippen LogP contribution in [0.15, 0.2) is 32.7 Å². The number of esters is 1. The summed E-state index contributed by atoms with van der Waals surface area (Å²) in [7, 11) is 0. The SMILES string of the molecule is CCOC(=O)COc1ccc(/C=C(\Sc2nnc(C)o2)C(=O)[O-])cc1OCC. The van der Waals surface area contributed by atoms with Crippen molar-refractivity contribution in [3.05, 3.63) is 34.6 Å². The fourth-order valence-corrected chi connectivity index (χ4v) is 2.75. The number of carbonyl (C=O) groups is 2. The molecule has 28 heavy (non-hydrogen) atoms. The zero-order valence-electron chi connectivity index (χ0n) is 15.6. The summed E-state index contributed by atoms with van der Waals surface area (Å²) < 4.78 is 20.9. The molecule has 0 spiro atoms. The third kappa shape index (κ3) is 6.31. The summed E-state index contributed by atoms with van der Waals surface area (Å²) in [6.07, 6.45) is 1.39. The fourth-order valence-electron chi connectivity index (χ4n) is 2.04. The molecule has 10 heteroatoms. The van der Waals surface area contributed by atoms with E-state index in [1.54, 1.807) is 39.0 Å². The zero-order chi connectivity index (χ0) is 20.5. The Morgan fingerprint density at radius 3 is 2.57 bits per heavy atom. The van der Waals surface area contributed by atoms with Crippen molar-refractivity contribution in [2.24, 2.45) is 0 Å². The van der Waals surface area contributed by atoms with Crippen LogP contribution < -0.4 is 14.6 Å². The Hall–Kier alpha value is -3.01. The number of aliphatic carboxylic acids is 1. The van der Waals surface area contributed by atoms with Gasteiger partial charge in [-0.2, -0.15) is 0 Å². The van der Waals surface area contributed by atoms with Gasteiger partial charge in [0.05, 0.1) is 19.2 Å². The summed E-state index contributed by atoms with van der Waals surface area (Å²) in [5, 5.41) is 18.9. The monoisotopic (exact) mass is 407 g/mol. The minimum atomic E-state index is -1.39. The van der Waals surface area contributed by atoms with Crippen LogP contribution >= 0.6 is 11.8 Å². The van der Waals surface area contributed by atoms with Gasteiger partial charge in [-0.15, -0.1) is 10.2 Å². The highest BCUT2D eigenvalue weighted by atomic mass is 32.2. The Morgan fingerprint density at radius 2 is 1.96 bits per heavy atom. The van der Waals surface area contributed by atoms with Crippen LogP contribution in [-0.2, 0) is 14.3 Å². The third-order valence-corrected chi connectivity index (χ3v) is 3.97. The summed E-state index contributed by atoms with van der Waals surface area (Å²) in [5.41, 5.74) is 0.523. The van der Waals surface area contributed by atoms with E-state index in [0.717, 1.165) is 11.8 Å². The van der Waals surface area contributed by atoms with E-state index in [0.29, 0.717) is 29.6 Å². The predicted molar refractivity (Wildman–Crippen MR) is 97.6 cm³/mol. The highest BCUT2D eigenvalue weighted by Crippen LogP contribution is 2.32. The Kier molecular flexibility index (Phi) is 7.88. The van der Waals surface area contributed by atoms with Crippen LogP contribution in [0, 0.1) is 6.92 Å². The Labute approximate surface area is 165 Å². The second-order valence-corrected chi connectivity index (χ2v) is 6.21. The van der Waals surface area contributed by atoms with Crippen molar-refractivity contribution in [2.75, 3.05) is 19.8 Å². The van der Waals surface area contributed by atoms with Gasteiger partial charge in [-0.25, -0.2) is 4.79 Å². The lowest BCUT2D eigenvalue weighted by molar-refractivity contribution is -0.298. The molecule has 1 aromatic carbocycles. The molecule has 2 rings (SSSR count). The van der Waals surface area contributed by atoms with Crippen molar-refractivity contribution in [1.82, 2.24) is 10.2 Å². The van der Waals surface area contributed by atoms with Gasteiger partial charge in [-0.05, 0) is 49.4 Å². The minimum Gasteiger partial charge on any atom is -0.544 e. The van der Waals surface area contributed by atoms with Crippen molar-refractivity contribution >= 4 is 29.8 Å². The summed E-state index contributed by atoms with van der Waals surface area (Å²) in [6.45, 7) is 5.44. The van der Waals surface area contributed by atoms with E-state index in [4.69, 9.17) is 18.6 Å². The standard InChI is InChI=1S/C18H20N2O7S/c1-4-24-14-8-12(6-7-13(14)26-10-16(21)25-5-2)9-15(17(22)23)28-18-20-19-11(3)27-18/h6-9H,4-5,10H2,1-3H3,(H,22,23)/p-1/b15-9-. The van der Waals surface area contributed by atoms with Gasteiger partial charge >= 0.3 is 5.97 Å². The zero-order valence-corrected chi connectivity index (χ0v) is 16.4. The summed E-state index contributed by atoms with van der Waals surface area (Å²) in [6, 6.07) is 4.78. The average Bonchev–Trinajstić information content (AvgIpc) is 3.06. The number of benzene rings is 1. The number of nitrogens with zero attached hydrogens (tertiary/aromatic N) is 2. The number of hydrogen-bond donors (Lipinski definition) is 0. The maximum absolute atomic E-state index is 11.5. The number of aryl methyl sites for hydroxylation is 1. The molecule has 1 aromatic heterocycles. The highest BCUT2D eigenvalue weighted by molar-refractivity contribution is 8.03. The van der Waals surface area contributed by atoms with Gasteiger partial charge in [-0.1, -0.05) is 6.07 Å². The number of aromatic nitrogens is 2. The molecule has 150 valence electrons. The first kappa shape index (κ1) is 21.3. The van der Waals surface area contributed by atoms with E-state index >= 15 is 0 Å². The van der Waals surface area contributed by atoms with Crippen LogP contribution in [0.25, 0.3) is 6.08 Å². The molecule has 9 nitrogen and oxygen atoms in total. The molecule has 0 atom stereocenters. The number of carboxylic acids is 1. The van der Waals surface area contributed by atoms with Crippen molar-refractivity contribution in [2.45, 2.75) is 26.0 Å². The number of ether oxygens (including phenoxy) is 3. The van der Waals surface area contributed by atoms with Crippen LogP contribution in [0.2, 0.25) is 0 Å². The molecule has 0 amide bonds. The topological polar surface area (TPSA) is 124 Å². The van der Waals surface area contributed by atoms with E-state index in [1.165, 1.54) is 6.08 Å². The minimum absolute atomic E-state index is 0.0902. The van der Waals surface area contributed by atoms with Gasteiger partial charge in [0.1, 0.15) is 0 Å². The van der Waals surface area contributed by atoms with Crippen LogP contribution in [0.5, 0.6) is 11.5 Å². The molecule has 0 fully saturated rings. The molecule has 0 aliphatic carbocycles. The lowest BCUT2D eigenvalue weighted by Gasteiger charge is -2.13. The third-order valence-electron chi connectivity index (χ3n) is 3.12. The normalized spacial score (nSPS) is 11.2. The van der Waals surface area contributed by atoms with Crippen molar-refractivity contribution in [1.29, 1.82) is 0 Å². The highest BCUT2D eigenvalue weighted by Gasteiger charge is 2.12. The van der Waals surface area contributed by atoms with Gasteiger partial charge in [-0.3, -0.25) is 0 Å². The predicted octanol–water partition coefficient (Wildman–Crippen LogP) is 1.60. The molecule has 0 bridgehead atoms. The lowest BCUT2D eigenvalue weighted by atomic mass is 10.2. The summed E-state index contributed by atoms with van der Waals surface area (Å²) >= 11 is 0.781. The molecular formula is C18H19N2O7S-. The number of hydrogen-bond acceptors (Lipinski definition) is 10. The second-order valence-electron chi connectivity index (χ2n) is 5.22. The van der Waals surface area contributed by atoms with Crippen LogP contribution in [0.4, 0.5) is 0 Å². The Bertz CT molecular complexity index is 863. The molecule has 2 aromatic rings. The molecule has 1 heterocycles. The first-order valence-corrected chi connectivity index (χ1v) is 9.20. The first-order chi connectivity index (χ1) is 13.4. The molecular weight excluding hydrogens is 388 g/mol. The smallest absolute Gasteiger partial charge is 0.344 e. The molecule has 0 unspecified atom stereocenters. The molecule has 0 N–H and O–H groups in total. The van der Waals surface area contributed by atoms with Crippen molar-refractivity contribution in [3.63, 3.8) is 0 Å². The largest absolute Gasteiger partial charge is 0.544 e. The molecule has 0 radical (unpaired) electrons. The maximum atomic E-state index is 11.5. The maximum Gasteiger partial charge on any atom is 0.344 e. The Morgan fingerprint density at radius 1 is 1.18 bits per heavy atom. The molecule has 0 aliphatic rings. The quantitative estimate of drug-likeness (QED) is 0.326. The van der Waals surface area contributed by atoms with Gasteiger partial charge in [0.15, 0.2) is 18.1 Å². The van der Waals surface area contributed by atoms with Gasteiger partial charge in [0.25, 0.3) is 5.22 Å². The number of carbonyl (C=O) groups excluding carboxylic acids is 2. The Balaban J connectivity index is 2.22. The van der Waals surface area contributed by atoms with E-state index in [-0.39, 0.29) is 23.3 Å². The van der Waals surface area contributed by atoms with E-state index in [9.17, 15) is 14.7 Å². The van der Waals surface area contributed by atoms with Gasteiger partial charge in [0.2, 0.25) is 5.89 Å². The van der Waals surface area contributed by atoms with Gasteiger partial charge < -0.3 is 28.5 Å². The summed E-state index contributed by atoms with van der Waals surface area (Å²) in [4.78, 5) is 22.8. The molecule has 0 saturated heterocycles. The van der Waals surface area contributed by atoms with Gasteiger partial charge in [0, 0.05) is 11.8 Å². The van der Waals surface area contributed by atoms with Crippen LogP contribution in [0.1, 0.15) is 25.3 Å². The summed E-state index contributed by atoms with van der Waals surface area (Å²) in [5.74, 6) is -0.873. The average molecular weight is 407 g/mol. The van der Waals surface area contributed by atoms with Crippen LogP contribution in [-0.4, -0.2) is 42.0 Å². The first-order valence-electron chi connectivity index (χ1n) is 8.39. The number of carboxylic acid groups (broad SMARTS) is 1. The molecule has 0 saturated carbocycles. The fraction of sp³-hybridized carbons (Fsp3) is 0.333.